The SMILES string of the molecule is NC(=O)C1=NC=C1N1C[C@@H](O)CC1=O. The van der Waals surface area contributed by atoms with Gasteiger partial charge >= 0.3 is 0 Å². The maximum Gasteiger partial charge on any atom is 0.269 e. The van der Waals surface area contributed by atoms with E-state index >= 15 is 0 Å². The highest BCUT2D eigenvalue weighted by molar-refractivity contribution is 6.46. The van der Waals surface area contributed by atoms with Crippen LogP contribution in [0.2, 0.25) is 0 Å². The molecule has 0 aromatic rings. The lowest BCUT2D eigenvalue weighted by Gasteiger charge is -2.23. The van der Waals surface area contributed by atoms with E-state index in [9.17, 15) is 14.7 Å². The highest BCUT2D eigenvalue weighted by Crippen LogP contribution is 2.22. The summed E-state index contributed by atoms with van der Waals surface area (Å²) in [6.45, 7) is 0.205. The lowest BCUT2D eigenvalue weighted by atomic mass is 10.2. The fraction of sp³-hybridized carbons (Fsp3) is 0.375. The van der Waals surface area contributed by atoms with E-state index in [0.717, 1.165) is 0 Å². The van der Waals surface area contributed by atoms with Gasteiger partial charge in [0.15, 0.2) is 5.71 Å². The molecule has 2 heterocycles. The van der Waals surface area contributed by atoms with Gasteiger partial charge in [-0.05, 0) is 0 Å². The summed E-state index contributed by atoms with van der Waals surface area (Å²) in [5.41, 5.74) is 5.54. The van der Waals surface area contributed by atoms with Crippen molar-refractivity contribution in [2.45, 2.75) is 12.5 Å². The Kier molecular flexibility index (Phi) is 1.85. The highest BCUT2D eigenvalue weighted by Gasteiger charge is 2.35. The molecule has 14 heavy (non-hydrogen) atoms. The van der Waals surface area contributed by atoms with Gasteiger partial charge < -0.3 is 15.7 Å². The van der Waals surface area contributed by atoms with Gasteiger partial charge in [-0.25, -0.2) is 4.99 Å². The quantitative estimate of drug-likeness (QED) is 0.553. The molecule has 2 rings (SSSR count). The molecule has 0 aromatic heterocycles. The van der Waals surface area contributed by atoms with Crippen molar-refractivity contribution in [2.75, 3.05) is 6.54 Å². The fourth-order valence-corrected chi connectivity index (χ4v) is 1.50. The minimum absolute atomic E-state index is 0.0867. The van der Waals surface area contributed by atoms with Crippen LogP contribution < -0.4 is 5.73 Å². The third-order valence-electron chi connectivity index (χ3n) is 2.19. The molecular formula is C8H9N3O3. The molecule has 0 aliphatic carbocycles. The van der Waals surface area contributed by atoms with Gasteiger partial charge in [-0.1, -0.05) is 0 Å². The number of likely N-dealkylation sites (tertiary alicyclic amines) is 1. The molecule has 1 saturated heterocycles. The van der Waals surface area contributed by atoms with Crippen molar-refractivity contribution in [1.29, 1.82) is 0 Å². The van der Waals surface area contributed by atoms with E-state index in [1.165, 1.54) is 11.1 Å². The van der Waals surface area contributed by atoms with Gasteiger partial charge in [0.25, 0.3) is 5.91 Å². The Morgan fingerprint density at radius 2 is 2.43 bits per heavy atom. The van der Waals surface area contributed by atoms with Crippen molar-refractivity contribution < 1.29 is 14.7 Å². The molecule has 0 radical (unpaired) electrons. The smallest absolute Gasteiger partial charge is 0.269 e. The van der Waals surface area contributed by atoms with Crippen LogP contribution in [0.5, 0.6) is 0 Å². The summed E-state index contributed by atoms with van der Waals surface area (Å²) in [5, 5.41) is 9.22. The molecule has 0 spiro atoms. The molecule has 6 nitrogen and oxygen atoms in total. The standard InChI is InChI=1S/C8H9N3O3/c9-8(14)7-5(2-10-7)11-3-4(12)1-6(11)13/h2,4,12H,1,3H2,(H2,9,14)/t4-/m0/s1. The number of hydrogen-bond donors (Lipinski definition) is 2. The number of primary amides is 1. The number of hydrogen-bond acceptors (Lipinski definition) is 4. The van der Waals surface area contributed by atoms with E-state index in [-0.39, 0.29) is 24.6 Å². The van der Waals surface area contributed by atoms with E-state index in [0.29, 0.717) is 5.70 Å². The second-order valence-corrected chi connectivity index (χ2v) is 3.22. The first-order valence-corrected chi connectivity index (χ1v) is 4.16. The maximum absolute atomic E-state index is 11.3. The van der Waals surface area contributed by atoms with Gasteiger partial charge in [-0.15, -0.1) is 0 Å². The normalized spacial score (nSPS) is 25.6. The number of nitrogens with zero attached hydrogens (tertiary/aromatic N) is 2. The number of nitrogens with two attached hydrogens (primary N) is 1. The van der Waals surface area contributed by atoms with Crippen molar-refractivity contribution in [2.24, 2.45) is 10.7 Å². The van der Waals surface area contributed by atoms with E-state index in [2.05, 4.69) is 4.99 Å². The molecule has 74 valence electrons. The van der Waals surface area contributed by atoms with Crippen LogP contribution >= 0.6 is 0 Å². The van der Waals surface area contributed by atoms with Crippen LogP contribution in [0.25, 0.3) is 0 Å². The van der Waals surface area contributed by atoms with Crippen molar-refractivity contribution in [3.63, 3.8) is 0 Å². The number of rotatable bonds is 2. The summed E-state index contributed by atoms with van der Waals surface area (Å²) >= 11 is 0. The molecule has 2 aliphatic heterocycles. The number of β-amino-alcohol motifs (C(OH)–C–C–N with tert-alkyl or cyclic N) is 1. The minimum Gasteiger partial charge on any atom is -0.391 e. The number of aliphatic hydroxyl groups excluding tert-OH is 1. The van der Waals surface area contributed by atoms with E-state index in [1.54, 1.807) is 0 Å². The summed E-state index contributed by atoms with van der Waals surface area (Å²) in [7, 11) is 0. The summed E-state index contributed by atoms with van der Waals surface area (Å²) in [6, 6.07) is 0. The fourth-order valence-electron chi connectivity index (χ4n) is 1.50. The average Bonchev–Trinajstić information content (AvgIpc) is 2.27. The molecule has 6 heteroatoms. The molecular weight excluding hydrogens is 186 g/mol. The largest absolute Gasteiger partial charge is 0.391 e. The van der Waals surface area contributed by atoms with Crippen LogP contribution in [0, 0.1) is 0 Å². The van der Waals surface area contributed by atoms with Crippen LogP contribution in [0.15, 0.2) is 16.9 Å². The second kappa shape index (κ2) is 2.91. The van der Waals surface area contributed by atoms with Crippen molar-refractivity contribution in [1.82, 2.24) is 4.90 Å². The van der Waals surface area contributed by atoms with Gasteiger partial charge in [0.1, 0.15) is 0 Å². The van der Waals surface area contributed by atoms with Gasteiger partial charge in [-0.2, -0.15) is 0 Å². The summed E-state index contributed by atoms with van der Waals surface area (Å²) in [4.78, 5) is 27.1. The van der Waals surface area contributed by atoms with Crippen molar-refractivity contribution in [3.8, 4) is 0 Å². The number of carbonyl (C=O) groups is 2. The van der Waals surface area contributed by atoms with Crippen molar-refractivity contribution in [3.05, 3.63) is 11.9 Å². The Morgan fingerprint density at radius 3 is 2.79 bits per heavy atom. The van der Waals surface area contributed by atoms with Crippen LogP contribution in [0.4, 0.5) is 0 Å². The average molecular weight is 195 g/mol. The molecule has 0 saturated carbocycles. The Balaban J connectivity index is 2.12. The molecule has 2 aliphatic rings. The topological polar surface area (TPSA) is 96.0 Å². The van der Waals surface area contributed by atoms with E-state index < -0.39 is 12.0 Å². The zero-order chi connectivity index (χ0) is 10.3. The summed E-state index contributed by atoms with van der Waals surface area (Å²) < 4.78 is 0. The maximum atomic E-state index is 11.3. The molecule has 1 atom stereocenters. The molecule has 0 unspecified atom stereocenters. The van der Waals surface area contributed by atoms with Gasteiger partial charge in [0.2, 0.25) is 5.91 Å². The zero-order valence-electron chi connectivity index (χ0n) is 7.30. The van der Waals surface area contributed by atoms with Crippen LogP contribution in [0.3, 0.4) is 0 Å². The minimum atomic E-state index is -0.668. The predicted octanol–water partition coefficient (Wildman–Crippen LogP) is -1.64. The summed E-state index contributed by atoms with van der Waals surface area (Å²) in [5.74, 6) is -0.867. The third-order valence-corrected chi connectivity index (χ3v) is 2.19. The predicted molar refractivity (Wildman–Crippen MR) is 47.0 cm³/mol. The Morgan fingerprint density at radius 1 is 1.71 bits per heavy atom. The molecule has 0 aromatic carbocycles. The first-order chi connectivity index (χ1) is 6.59. The number of amides is 2. The van der Waals surface area contributed by atoms with Gasteiger partial charge in [0, 0.05) is 0 Å². The van der Waals surface area contributed by atoms with Crippen LogP contribution in [-0.4, -0.2) is 40.2 Å². The lowest BCUT2D eigenvalue weighted by Crippen LogP contribution is -2.38. The van der Waals surface area contributed by atoms with E-state index in [4.69, 9.17) is 5.73 Å². The highest BCUT2D eigenvalue weighted by atomic mass is 16.3. The Hall–Kier alpha value is -1.69. The lowest BCUT2D eigenvalue weighted by molar-refractivity contribution is -0.125. The molecule has 2 amide bonds. The molecule has 3 N–H and O–H groups in total. The monoisotopic (exact) mass is 195 g/mol. The first-order valence-electron chi connectivity index (χ1n) is 4.16. The van der Waals surface area contributed by atoms with Gasteiger partial charge in [-0.3, -0.25) is 9.59 Å². The van der Waals surface area contributed by atoms with Crippen molar-refractivity contribution >= 4 is 17.5 Å². The number of carbonyl (C=O) groups excluding carboxylic acids is 2. The third kappa shape index (κ3) is 1.20. The zero-order valence-corrected chi connectivity index (χ0v) is 7.30. The Bertz CT molecular complexity index is 372. The second-order valence-electron chi connectivity index (χ2n) is 3.22. The van der Waals surface area contributed by atoms with Crippen LogP contribution in [0.1, 0.15) is 6.42 Å². The molecule has 1 fully saturated rings. The van der Waals surface area contributed by atoms with Gasteiger partial charge in [0.05, 0.1) is 31.0 Å². The first kappa shape index (κ1) is 8.89. The van der Waals surface area contributed by atoms with E-state index in [1.807, 2.05) is 0 Å². The van der Waals surface area contributed by atoms with Crippen LogP contribution in [-0.2, 0) is 9.59 Å². The summed E-state index contributed by atoms with van der Waals surface area (Å²) in [6.07, 6.45) is 0.817. The number of aliphatic imine (C=N–C) groups is 1. The number of aliphatic hydroxyl groups is 1. The molecule has 0 bridgehead atoms. The Labute approximate surface area is 79.7 Å².